The topological polar surface area (TPSA) is 173 Å². The Morgan fingerprint density at radius 1 is 0.903 bits per heavy atom. The highest BCUT2D eigenvalue weighted by Crippen LogP contribution is 2.61. The molecule has 1 aromatic heterocycles. The molecule has 2 fully saturated rings. The number of allylic oxidation sites excluding steroid dienone is 1. The summed E-state index contributed by atoms with van der Waals surface area (Å²) in [6.07, 6.45) is 6.35. The maximum Gasteiger partial charge on any atom is 0.238 e. The highest BCUT2D eigenvalue weighted by molar-refractivity contribution is 8.77. The molecule has 12 rings (SSSR count). The Labute approximate surface area is 435 Å². The second-order valence-corrected chi connectivity index (χ2v) is 26.5. The van der Waals surface area contributed by atoms with Gasteiger partial charge in [0.05, 0.1) is 23.0 Å². The van der Waals surface area contributed by atoms with Gasteiger partial charge < -0.3 is 45.1 Å². The molecule has 2 aliphatic carbocycles. The second-order valence-electron chi connectivity index (χ2n) is 21.2. The van der Waals surface area contributed by atoms with Crippen molar-refractivity contribution in [1.82, 2.24) is 5.32 Å². The molecule has 4 aliphatic heterocycles. The smallest absolute Gasteiger partial charge is 0.238 e. The lowest BCUT2D eigenvalue weighted by Gasteiger charge is -2.42. The first-order chi connectivity index (χ1) is 34.9. The third kappa shape index (κ3) is 8.16. The number of hydrogen-bond donors (Lipinski definition) is 7. The van der Waals surface area contributed by atoms with Gasteiger partial charge in [-0.15, -0.1) is 0 Å². The van der Waals surface area contributed by atoms with Gasteiger partial charge in [-0.1, -0.05) is 119 Å². The monoisotopic (exact) mass is 1040 g/mol. The molecule has 376 valence electrons. The molecule has 0 saturated carbocycles. The van der Waals surface area contributed by atoms with Crippen LogP contribution < -0.4 is 15.5 Å². The molecule has 6 aliphatic rings. The molecule has 5 heterocycles. The van der Waals surface area contributed by atoms with Crippen molar-refractivity contribution in [3.8, 4) is 45.4 Å². The van der Waals surface area contributed by atoms with Gasteiger partial charge in [-0.05, 0) is 130 Å². The zero-order chi connectivity index (χ0) is 49.7. The van der Waals surface area contributed by atoms with Gasteiger partial charge in [0, 0.05) is 64.9 Å². The van der Waals surface area contributed by atoms with Crippen LogP contribution in [0.4, 0.5) is 0 Å². The number of fused-ring (bicyclic) bond motifs is 12. The summed E-state index contributed by atoms with van der Waals surface area (Å²) in [6.45, 7) is 7.34. The minimum Gasteiger partial charge on any atom is -0.507 e. The van der Waals surface area contributed by atoms with E-state index in [-0.39, 0.29) is 80.9 Å². The zero-order valence-corrected chi connectivity index (χ0v) is 43.9. The van der Waals surface area contributed by atoms with Gasteiger partial charge in [0.15, 0.2) is 5.76 Å². The van der Waals surface area contributed by atoms with Crippen molar-refractivity contribution in [2.75, 3.05) is 18.9 Å². The lowest BCUT2D eigenvalue weighted by molar-refractivity contribution is 0.00975. The van der Waals surface area contributed by atoms with E-state index < -0.39 is 35.4 Å². The molecule has 0 unspecified atom stereocenters. The first-order valence-electron chi connectivity index (χ1n) is 25.7. The van der Waals surface area contributed by atoms with Crippen LogP contribution >= 0.6 is 43.2 Å². The molecule has 2 saturated heterocycles. The van der Waals surface area contributed by atoms with E-state index in [1.54, 1.807) is 32.4 Å². The van der Waals surface area contributed by atoms with Crippen molar-refractivity contribution in [3.05, 3.63) is 121 Å². The minimum atomic E-state index is -0.985. The van der Waals surface area contributed by atoms with Gasteiger partial charge in [0.2, 0.25) is 11.2 Å². The van der Waals surface area contributed by atoms with Crippen LogP contribution in [0.15, 0.2) is 69.9 Å². The Kier molecular flexibility index (Phi) is 13.2. The summed E-state index contributed by atoms with van der Waals surface area (Å²) in [5, 5.41) is 78.3. The minimum absolute atomic E-state index is 0.000395. The summed E-state index contributed by atoms with van der Waals surface area (Å²) in [4.78, 5) is 15.4. The van der Waals surface area contributed by atoms with Crippen LogP contribution in [0.5, 0.6) is 23.0 Å². The number of phenols is 2. The van der Waals surface area contributed by atoms with Gasteiger partial charge >= 0.3 is 0 Å². The zero-order valence-electron chi connectivity index (χ0n) is 40.7. The van der Waals surface area contributed by atoms with E-state index in [1.807, 2.05) is 22.9 Å². The van der Waals surface area contributed by atoms with Crippen molar-refractivity contribution in [2.45, 2.75) is 125 Å². The van der Waals surface area contributed by atoms with Crippen LogP contribution in [0.25, 0.3) is 50.3 Å². The van der Waals surface area contributed by atoms with Gasteiger partial charge in [0.1, 0.15) is 34.3 Å². The number of rotatable bonds is 6. The number of nitrogens with one attached hydrogen (secondary N) is 1. The Morgan fingerprint density at radius 3 is 2.58 bits per heavy atom. The maximum absolute atomic E-state index is 15.4. The quantitative estimate of drug-likeness (QED) is 0.0786. The maximum atomic E-state index is 15.4. The predicted molar refractivity (Wildman–Crippen MR) is 295 cm³/mol. The van der Waals surface area contributed by atoms with Gasteiger partial charge in [-0.2, -0.15) is 0 Å². The Morgan fingerprint density at radius 2 is 1.76 bits per heavy atom. The third-order valence-electron chi connectivity index (χ3n) is 16.3. The van der Waals surface area contributed by atoms with Gasteiger partial charge in [-0.3, -0.25) is 4.79 Å². The number of aliphatic hydroxyl groups excluding tert-OH is 3. The molecule has 72 heavy (non-hydrogen) atoms. The average molecular weight is 1040 g/mol. The lowest BCUT2D eigenvalue weighted by atomic mass is 9.69. The van der Waals surface area contributed by atoms with Crippen LogP contribution in [-0.4, -0.2) is 73.1 Å². The number of ether oxygens (including phenoxy) is 1. The van der Waals surface area contributed by atoms with E-state index in [9.17, 15) is 30.6 Å². The number of aromatic hydroxyl groups is 3. The van der Waals surface area contributed by atoms with Crippen LogP contribution in [0.1, 0.15) is 132 Å². The SMILES string of the molecule is CC[C@@H]1CN[C@@H]2c3cccc(c3)Cc3c(O)c(CC(C)C)cc(-c4oc5cc(O)c6c(c5c(=O)c4O)O[C@@H]4C[C@H]5c7c-6cc6c8c(ccc(c78)[C@H](SSCCC[C@H]4O)[C@@H]5O)C=C[C@@H]6CCO)c3CSS[C@H]2C1. The first-order valence-corrected chi connectivity index (χ1v) is 30.5. The van der Waals surface area contributed by atoms with Crippen LogP contribution in [0.3, 0.4) is 0 Å². The van der Waals surface area contributed by atoms with Crippen molar-refractivity contribution < 1.29 is 39.8 Å². The fourth-order valence-electron chi connectivity index (χ4n) is 12.8. The molecule has 6 aromatic rings. The number of phenolic OH excluding ortho intramolecular Hbond substituents is 2. The summed E-state index contributed by atoms with van der Waals surface area (Å²) in [5.74, 6) is 0.552. The van der Waals surface area contributed by atoms with Crippen LogP contribution in [0, 0.1) is 11.8 Å². The normalized spacial score (nSPS) is 26.5. The summed E-state index contributed by atoms with van der Waals surface area (Å²) < 4.78 is 13.8. The number of hydrogen-bond acceptors (Lipinski definition) is 14. The van der Waals surface area contributed by atoms with E-state index in [0.29, 0.717) is 66.0 Å². The second kappa shape index (κ2) is 19.5. The van der Waals surface area contributed by atoms with Gasteiger partial charge in [-0.25, -0.2) is 0 Å². The van der Waals surface area contributed by atoms with Crippen molar-refractivity contribution in [1.29, 1.82) is 0 Å². The fraction of sp³-hybridized carbons (Fsp3) is 0.431. The van der Waals surface area contributed by atoms with Crippen molar-refractivity contribution >= 4 is 71.0 Å². The average Bonchev–Trinajstić information content (AvgIpc) is 3.39. The van der Waals surface area contributed by atoms with Gasteiger partial charge in [0.25, 0.3) is 0 Å². The molecule has 0 amide bonds. The molecule has 9 atom stereocenters. The summed E-state index contributed by atoms with van der Waals surface area (Å²) in [5.41, 5.74) is 8.78. The molecular formula is C58H61NO9S4. The van der Waals surface area contributed by atoms with Crippen molar-refractivity contribution in [2.24, 2.45) is 11.8 Å². The van der Waals surface area contributed by atoms with Crippen molar-refractivity contribution in [3.63, 3.8) is 0 Å². The molecule has 5 aromatic carbocycles. The molecule has 0 radical (unpaired) electrons. The summed E-state index contributed by atoms with van der Waals surface area (Å²) in [6, 6.07) is 18.3. The predicted octanol–water partition coefficient (Wildman–Crippen LogP) is 12.2. The highest BCUT2D eigenvalue weighted by Gasteiger charge is 2.46. The number of benzene rings is 5. The van der Waals surface area contributed by atoms with E-state index in [2.05, 4.69) is 74.6 Å². The fourth-order valence-corrected chi connectivity index (χ4v) is 18.7. The molecule has 5 bridgehead atoms. The van der Waals surface area contributed by atoms with E-state index in [1.165, 1.54) is 11.6 Å². The number of aliphatic hydroxyl groups is 3. The largest absolute Gasteiger partial charge is 0.507 e. The highest BCUT2D eigenvalue weighted by atomic mass is 33.1. The summed E-state index contributed by atoms with van der Waals surface area (Å²) >= 11 is 0. The Bertz CT molecular complexity index is 3240. The Hall–Kier alpha value is -4.25. The molecular weight excluding hydrogens is 983 g/mol. The standard InChI is InChI=1S/C58H61NO9S4/c1-4-28-20-45-51(59-25-28)32-8-5-7-29(18-32)19-36-40(26-70-71-45)37(21-33(52(36)63)17-27(2)3)56-55(66)54(65)50-44(68-56)24-42(62)48-38-22-35-30(14-15-60)10-11-31-12-13-34-49(46(31)35)47(38)39-23-43(67-57(48)50)41(61)9-6-16-69-72-58(34)53(39)64/h5,7-8,10-13,18,21-22,24,27-28,30,39,41,43,45,51,53,58-64,66H,4,6,9,14-17,19-20,23,25-26H2,1-3H3/t28-,30+,39-,41+,43+,45-,51+,53+,58-/m0/s1. The lowest BCUT2D eigenvalue weighted by Crippen LogP contribution is -2.40. The van der Waals surface area contributed by atoms with E-state index >= 15 is 4.79 Å². The van der Waals surface area contributed by atoms with Crippen LogP contribution in [0.2, 0.25) is 0 Å². The molecule has 0 spiro atoms. The first kappa shape index (κ1) is 48.7. The number of piperidine rings is 1. The van der Waals surface area contributed by atoms with Crippen LogP contribution in [-0.2, 0) is 18.6 Å². The Balaban J connectivity index is 1.09. The summed E-state index contributed by atoms with van der Waals surface area (Å²) in [7, 11) is 6.89. The molecule has 7 N–H and O–H groups in total. The third-order valence-corrected chi connectivity index (χ3v) is 21.9. The van der Waals surface area contributed by atoms with E-state index in [0.717, 1.165) is 69.3 Å². The molecule has 10 nitrogen and oxygen atoms in total. The van der Waals surface area contributed by atoms with E-state index in [4.69, 9.17) is 9.15 Å². The molecule has 14 heteroatoms.